The summed E-state index contributed by atoms with van der Waals surface area (Å²) in [4.78, 5) is 2.35. The highest BCUT2D eigenvalue weighted by molar-refractivity contribution is 7.91. The van der Waals surface area contributed by atoms with Crippen LogP contribution in [0.4, 0.5) is 0 Å². The molecule has 2 N–H and O–H groups in total. The van der Waals surface area contributed by atoms with Crippen molar-refractivity contribution in [2.24, 2.45) is 10.1 Å². The van der Waals surface area contributed by atoms with Crippen molar-refractivity contribution in [2.75, 3.05) is 20.1 Å². The molecule has 138 valence electrons. The number of piperidine rings is 1. The molecule has 25 heavy (non-hydrogen) atoms. The molecule has 0 aromatic heterocycles. The van der Waals surface area contributed by atoms with Crippen LogP contribution >= 0.6 is 0 Å². The van der Waals surface area contributed by atoms with Crippen LogP contribution in [0.5, 0.6) is 0 Å². The molecule has 0 spiro atoms. The Morgan fingerprint density at radius 3 is 2.40 bits per heavy atom. The lowest BCUT2D eigenvalue weighted by Crippen LogP contribution is -2.51. The van der Waals surface area contributed by atoms with Gasteiger partial charge in [-0.15, -0.1) is 4.40 Å². The molecule has 0 amide bonds. The molecule has 1 aromatic carbocycles. The van der Waals surface area contributed by atoms with Crippen molar-refractivity contribution in [2.45, 2.75) is 49.9 Å². The molecule has 6 nitrogen and oxygen atoms in total. The molecule has 1 unspecified atom stereocenters. The predicted molar refractivity (Wildman–Crippen MR) is 99.1 cm³/mol. The fourth-order valence-corrected chi connectivity index (χ4v) is 5.32. The monoisotopic (exact) mass is 365 g/mol. The fourth-order valence-electron chi connectivity index (χ4n) is 3.73. The van der Waals surface area contributed by atoms with Gasteiger partial charge in [-0.25, -0.2) is 8.42 Å². The van der Waals surface area contributed by atoms with Gasteiger partial charge in [0.15, 0.2) is 0 Å². The van der Waals surface area contributed by atoms with Gasteiger partial charge in [0.05, 0.1) is 0 Å². The van der Waals surface area contributed by atoms with Crippen LogP contribution in [0.2, 0.25) is 0 Å². The van der Waals surface area contributed by atoms with Gasteiger partial charge in [0.1, 0.15) is 10.9 Å². The Balaban J connectivity index is 1.75. The average Bonchev–Trinajstić information content (AvgIpc) is 2.51. The molecule has 1 aromatic rings. The normalized spacial score (nSPS) is 26.7. The minimum absolute atomic E-state index is 0.279. The molecular weight excluding hydrogens is 338 g/mol. The molecule has 0 bridgehead atoms. The number of nitrogens with zero attached hydrogens (tertiary/aromatic N) is 2. The fraction of sp³-hybridized carbons (Fsp3) is 0.611. The van der Waals surface area contributed by atoms with Crippen LogP contribution in [-0.2, 0) is 21.2 Å². The van der Waals surface area contributed by atoms with E-state index < -0.39 is 20.9 Å². The van der Waals surface area contributed by atoms with Crippen LogP contribution in [0.1, 0.15) is 43.7 Å². The second-order valence-electron chi connectivity index (χ2n) is 7.66. The number of benzene rings is 1. The van der Waals surface area contributed by atoms with Gasteiger partial charge in [-0.05, 0) is 70.3 Å². The number of ether oxygens (including phenoxy) is 1. The molecular formula is C18H27N3O3S. The smallest absolute Gasteiger partial charge is 0.298 e. The highest BCUT2D eigenvalue weighted by atomic mass is 32.2. The summed E-state index contributed by atoms with van der Waals surface area (Å²) in [6.45, 7) is 5.72. The number of nitrogens with two attached hydrogens (primary N) is 1. The third-order valence-corrected chi connectivity index (χ3v) is 7.20. The van der Waals surface area contributed by atoms with E-state index in [2.05, 4.69) is 28.5 Å². The van der Waals surface area contributed by atoms with E-state index in [0.717, 1.165) is 18.7 Å². The first-order valence-electron chi connectivity index (χ1n) is 8.73. The zero-order valence-electron chi connectivity index (χ0n) is 15.1. The van der Waals surface area contributed by atoms with Crippen molar-refractivity contribution < 1.29 is 13.2 Å². The second-order valence-corrected chi connectivity index (χ2v) is 9.44. The summed E-state index contributed by atoms with van der Waals surface area (Å²) in [5.74, 6) is 0.591. The number of hydrogen-bond donors (Lipinski definition) is 1. The minimum atomic E-state index is -3.68. The number of amidine groups is 1. The lowest BCUT2D eigenvalue weighted by atomic mass is 9.88. The Morgan fingerprint density at radius 2 is 1.84 bits per heavy atom. The first-order chi connectivity index (χ1) is 11.7. The van der Waals surface area contributed by atoms with E-state index in [1.165, 1.54) is 18.4 Å². The van der Waals surface area contributed by atoms with Gasteiger partial charge in [0.25, 0.3) is 16.0 Å². The van der Waals surface area contributed by atoms with Crippen molar-refractivity contribution in [3.63, 3.8) is 0 Å². The Kier molecular flexibility index (Phi) is 4.81. The van der Waals surface area contributed by atoms with E-state index in [4.69, 9.17) is 10.5 Å². The Bertz CT molecular complexity index is 748. The van der Waals surface area contributed by atoms with Gasteiger partial charge in [-0.3, -0.25) is 0 Å². The topological polar surface area (TPSA) is 85.0 Å². The molecule has 2 heterocycles. The highest BCUT2D eigenvalue weighted by Crippen LogP contribution is 2.31. The van der Waals surface area contributed by atoms with Gasteiger partial charge in [-0.2, -0.15) is 0 Å². The van der Waals surface area contributed by atoms with Crippen molar-refractivity contribution in [3.8, 4) is 0 Å². The Morgan fingerprint density at radius 1 is 1.24 bits per heavy atom. The quantitative estimate of drug-likeness (QED) is 0.884. The molecule has 1 saturated heterocycles. The van der Waals surface area contributed by atoms with E-state index in [0.29, 0.717) is 12.3 Å². The number of hydrogen-bond acceptors (Lipinski definition) is 5. The maximum Gasteiger partial charge on any atom is 0.298 e. The third kappa shape index (κ3) is 3.98. The van der Waals surface area contributed by atoms with Crippen LogP contribution in [0.25, 0.3) is 0 Å². The first-order valence-corrected chi connectivity index (χ1v) is 10.2. The summed E-state index contributed by atoms with van der Waals surface area (Å²) in [6.07, 6.45) is 2.70. The van der Waals surface area contributed by atoms with Crippen molar-refractivity contribution in [3.05, 3.63) is 35.4 Å². The summed E-state index contributed by atoms with van der Waals surface area (Å²) < 4.78 is 33.8. The van der Waals surface area contributed by atoms with Gasteiger partial charge in [0, 0.05) is 0 Å². The van der Waals surface area contributed by atoms with Crippen LogP contribution in [-0.4, -0.2) is 50.3 Å². The van der Waals surface area contributed by atoms with Crippen molar-refractivity contribution in [1.29, 1.82) is 0 Å². The number of likely N-dealkylation sites (tertiary alicyclic amines) is 1. The maximum atomic E-state index is 12.4. The lowest BCUT2D eigenvalue weighted by molar-refractivity contribution is 0.0826. The predicted octanol–water partition coefficient (Wildman–Crippen LogP) is 1.86. The maximum absolute atomic E-state index is 12.4. The third-order valence-electron chi connectivity index (χ3n) is 5.31. The second kappa shape index (κ2) is 6.61. The Labute approximate surface area is 150 Å². The molecule has 2 aliphatic rings. The molecule has 0 aliphatic carbocycles. The summed E-state index contributed by atoms with van der Waals surface area (Å²) in [6, 6.07) is 8.04. The highest BCUT2D eigenvalue weighted by Gasteiger charge is 2.45. The molecule has 1 fully saturated rings. The zero-order valence-corrected chi connectivity index (χ0v) is 15.9. The van der Waals surface area contributed by atoms with Crippen molar-refractivity contribution >= 4 is 16.0 Å². The van der Waals surface area contributed by atoms with Gasteiger partial charge in [-0.1, -0.05) is 24.3 Å². The van der Waals surface area contributed by atoms with Crippen LogP contribution in [0.3, 0.4) is 0 Å². The van der Waals surface area contributed by atoms with Crippen LogP contribution in [0.15, 0.2) is 28.7 Å². The molecule has 0 saturated carbocycles. The van der Waals surface area contributed by atoms with E-state index in [1.807, 2.05) is 12.1 Å². The first kappa shape index (κ1) is 18.2. The van der Waals surface area contributed by atoms with Crippen molar-refractivity contribution in [1.82, 2.24) is 4.90 Å². The molecule has 7 heteroatoms. The molecule has 0 radical (unpaired) electrons. The zero-order chi connectivity index (χ0) is 18.2. The SMILES string of the molecule is CN1CCC(c2ccc(CC3C(C)(C)OC(N)=NS3(=O)=O)cc2)CC1. The van der Waals surface area contributed by atoms with E-state index >= 15 is 0 Å². The van der Waals surface area contributed by atoms with Crippen LogP contribution in [0, 0.1) is 0 Å². The molecule has 3 rings (SSSR count). The minimum Gasteiger partial charge on any atom is -0.457 e. The summed E-state index contributed by atoms with van der Waals surface area (Å²) in [7, 11) is -1.53. The number of rotatable bonds is 3. The standard InChI is InChI=1S/C18H27N3O3S/c1-18(2)16(25(22,23)20-17(19)24-18)12-13-4-6-14(7-5-13)15-8-10-21(3)11-9-15/h4-7,15-16H,8-12H2,1-3H3,(H2,19,20). The van der Waals surface area contributed by atoms with E-state index in [-0.39, 0.29) is 6.02 Å². The Hall–Kier alpha value is -1.60. The summed E-state index contributed by atoms with van der Waals surface area (Å²) in [5, 5.41) is -0.749. The lowest BCUT2D eigenvalue weighted by Gasteiger charge is -2.35. The molecule has 2 aliphatic heterocycles. The largest absolute Gasteiger partial charge is 0.457 e. The van der Waals surface area contributed by atoms with Gasteiger partial charge >= 0.3 is 0 Å². The summed E-state index contributed by atoms with van der Waals surface area (Å²) in [5.41, 5.74) is 6.90. The van der Waals surface area contributed by atoms with E-state index in [9.17, 15) is 8.42 Å². The van der Waals surface area contributed by atoms with Gasteiger partial charge < -0.3 is 15.4 Å². The summed E-state index contributed by atoms with van der Waals surface area (Å²) >= 11 is 0. The van der Waals surface area contributed by atoms with Gasteiger partial charge in [0.2, 0.25) is 0 Å². The van der Waals surface area contributed by atoms with Crippen LogP contribution < -0.4 is 5.73 Å². The molecule has 1 atom stereocenters. The van der Waals surface area contributed by atoms with E-state index in [1.54, 1.807) is 13.8 Å². The average molecular weight is 365 g/mol. The number of sulfonamides is 1.